The van der Waals surface area contributed by atoms with Crippen LogP contribution >= 0.6 is 0 Å². The lowest BCUT2D eigenvalue weighted by Crippen LogP contribution is -1.97. The molecule has 2 aromatic rings. The molecule has 0 fully saturated rings. The highest BCUT2D eigenvalue weighted by molar-refractivity contribution is 5.75. The zero-order chi connectivity index (χ0) is 10.3. The van der Waals surface area contributed by atoms with E-state index in [9.17, 15) is 0 Å². The summed E-state index contributed by atoms with van der Waals surface area (Å²) in [7, 11) is 1.95. The van der Waals surface area contributed by atoms with Crippen molar-refractivity contribution in [2.45, 2.75) is 26.7 Å². The van der Waals surface area contributed by atoms with Crippen molar-refractivity contribution in [1.82, 2.24) is 14.8 Å². The predicted molar refractivity (Wildman–Crippen MR) is 57.3 cm³/mol. The van der Waals surface area contributed by atoms with Crippen LogP contribution < -0.4 is 0 Å². The quantitative estimate of drug-likeness (QED) is 0.689. The fourth-order valence-electron chi connectivity index (χ4n) is 1.77. The van der Waals surface area contributed by atoms with Gasteiger partial charge in [-0.05, 0) is 24.5 Å². The van der Waals surface area contributed by atoms with Crippen LogP contribution in [0.2, 0.25) is 0 Å². The Morgan fingerprint density at radius 3 is 2.71 bits per heavy atom. The zero-order valence-corrected chi connectivity index (χ0v) is 9.07. The minimum Gasteiger partial charge on any atom is -0.266 e. The molecule has 0 saturated heterocycles. The summed E-state index contributed by atoms with van der Waals surface area (Å²) >= 11 is 0. The van der Waals surface area contributed by atoms with Crippen LogP contribution in [-0.4, -0.2) is 14.8 Å². The van der Waals surface area contributed by atoms with E-state index in [1.165, 1.54) is 5.56 Å². The van der Waals surface area contributed by atoms with E-state index in [0.717, 1.165) is 16.7 Å². The van der Waals surface area contributed by atoms with Crippen molar-refractivity contribution in [2.75, 3.05) is 0 Å². The summed E-state index contributed by atoms with van der Waals surface area (Å²) in [6.45, 7) is 6.43. The number of nitrogens with zero attached hydrogens (tertiary/aromatic N) is 3. The number of rotatable bonds is 1. The summed E-state index contributed by atoms with van der Waals surface area (Å²) in [6, 6.07) is 2.19. The fourth-order valence-corrected chi connectivity index (χ4v) is 1.77. The van der Waals surface area contributed by atoms with Gasteiger partial charge < -0.3 is 0 Å². The first-order chi connectivity index (χ1) is 6.59. The van der Waals surface area contributed by atoms with Crippen LogP contribution in [0.3, 0.4) is 0 Å². The SMILES string of the molecule is Cc1nc2cnn(C)c2cc1C(C)C. The van der Waals surface area contributed by atoms with Crippen molar-refractivity contribution in [3.63, 3.8) is 0 Å². The molecule has 14 heavy (non-hydrogen) atoms. The maximum atomic E-state index is 4.53. The van der Waals surface area contributed by atoms with E-state index in [2.05, 4.69) is 36.9 Å². The molecule has 74 valence electrons. The van der Waals surface area contributed by atoms with Crippen LogP contribution in [0.5, 0.6) is 0 Å². The molecule has 0 aromatic carbocycles. The largest absolute Gasteiger partial charge is 0.266 e. The first-order valence-electron chi connectivity index (χ1n) is 4.89. The molecule has 0 unspecified atom stereocenters. The van der Waals surface area contributed by atoms with E-state index in [1.807, 2.05) is 17.9 Å². The van der Waals surface area contributed by atoms with Gasteiger partial charge in [-0.3, -0.25) is 4.68 Å². The van der Waals surface area contributed by atoms with Crippen molar-refractivity contribution in [1.29, 1.82) is 0 Å². The Kier molecular flexibility index (Phi) is 2.02. The molecule has 2 rings (SSSR count). The Hall–Kier alpha value is -1.38. The van der Waals surface area contributed by atoms with Gasteiger partial charge in [0.15, 0.2) is 0 Å². The van der Waals surface area contributed by atoms with Gasteiger partial charge in [0.25, 0.3) is 0 Å². The molecule has 0 aliphatic carbocycles. The minimum absolute atomic E-state index is 0.516. The fraction of sp³-hybridized carbons (Fsp3) is 0.455. The molecule has 2 aromatic heterocycles. The van der Waals surface area contributed by atoms with Crippen molar-refractivity contribution < 1.29 is 0 Å². The third-order valence-corrected chi connectivity index (χ3v) is 2.58. The third-order valence-electron chi connectivity index (χ3n) is 2.58. The standard InChI is InChI=1S/C11H15N3/c1-7(2)9-5-11-10(13-8(9)3)6-12-14(11)4/h5-7H,1-4H3. The van der Waals surface area contributed by atoms with Crippen LogP contribution in [0.4, 0.5) is 0 Å². The van der Waals surface area contributed by atoms with Crippen molar-refractivity contribution in [2.24, 2.45) is 7.05 Å². The summed E-state index contributed by atoms with van der Waals surface area (Å²) in [5.74, 6) is 0.516. The highest BCUT2D eigenvalue weighted by Gasteiger charge is 2.08. The molecule has 0 aliphatic heterocycles. The maximum absolute atomic E-state index is 4.53. The summed E-state index contributed by atoms with van der Waals surface area (Å²) in [4.78, 5) is 4.53. The molecule has 0 radical (unpaired) electrons. The first-order valence-corrected chi connectivity index (χ1v) is 4.89. The van der Waals surface area contributed by atoms with E-state index in [4.69, 9.17) is 0 Å². The van der Waals surface area contributed by atoms with E-state index in [0.29, 0.717) is 5.92 Å². The first kappa shape index (κ1) is 9.19. The van der Waals surface area contributed by atoms with Crippen LogP contribution in [-0.2, 0) is 7.05 Å². The van der Waals surface area contributed by atoms with Crippen LogP contribution in [0.25, 0.3) is 11.0 Å². The molecular weight excluding hydrogens is 174 g/mol. The predicted octanol–water partition coefficient (Wildman–Crippen LogP) is 2.40. The number of pyridine rings is 1. The van der Waals surface area contributed by atoms with Gasteiger partial charge in [-0.15, -0.1) is 0 Å². The normalized spacial score (nSPS) is 11.5. The number of aryl methyl sites for hydroxylation is 2. The van der Waals surface area contributed by atoms with Crippen molar-refractivity contribution >= 4 is 11.0 Å². The second kappa shape index (κ2) is 3.08. The second-order valence-electron chi connectivity index (χ2n) is 3.99. The van der Waals surface area contributed by atoms with Gasteiger partial charge in [-0.25, -0.2) is 4.98 Å². The lowest BCUT2D eigenvalue weighted by Gasteiger charge is -2.08. The molecular formula is C11H15N3. The molecule has 0 saturated carbocycles. The summed E-state index contributed by atoms with van der Waals surface area (Å²) < 4.78 is 1.87. The molecule has 0 amide bonds. The lowest BCUT2D eigenvalue weighted by molar-refractivity contribution is 0.792. The summed E-state index contributed by atoms with van der Waals surface area (Å²) in [5.41, 5.74) is 4.51. The van der Waals surface area contributed by atoms with Gasteiger partial charge in [-0.1, -0.05) is 13.8 Å². The molecule has 0 bridgehead atoms. The molecule has 0 N–H and O–H groups in total. The summed E-state index contributed by atoms with van der Waals surface area (Å²) in [5, 5.41) is 4.19. The molecule has 3 nitrogen and oxygen atoms in total. The topological polar surface area (TPSA) is 30.7 Å². The van der Waals surface area contributed by atoms with Gasteiger partial charge in [0, 0.05) is 12.7 Å². The third kappa shape index (κ3) is 1.29. The molecule has 2 heterocycles. The van der Waals surface area contributed by atoms with Gasteiger partial charge in [0.2, 0.25) is 0 Å². The number of hydrogen-bond acceptors (Lipinski definition) is 2. The molecule has 3 heteroatoms. The minimum atomic E-state index is 0.516. The smallest absolute Gasteiger partial charge is 0.109 e. The van der Waals surface area contributed by atoms with Crippen molar-refractivity contribution in [3.8, 4) is 0 Å². The highest BCUT2D eigenvalue weighted by atomic mass is 15.3. The van der Waals surface area contributed by atoms with E-state index < -0.39 is 0 Å². The number of aromatic nitrogens is 3. The monoisotopic (exact) mass is 189 g/mol. The van der Waals surface area contributed by atoms with Crippen LogP contribution in [0, 0.1) is 6.92 Å². The molecule has 0 aliphatic rings. The zero-order valence-electron chi connectivity index (χ0n) is 9.07. The number of fused-ring (bicyclic) bond motifs is 1. The summed E-state index contributed by atoms with van der Waals surface area (Å²) in [6.07, 6.45) is 1.81. The van der Waals surface area contributed by atoms with Crippen LogP contribution in [0.1, 0.15) is 31.0 Å². The van der Waals surface area contributed by atoms with Crippen LogP contribution in [0.15, 0.2) is 12.3 Å². The lowest BCUT2D eigenvalue weighted by atomic mass is 10.0. The highest BCUT2D eigenvalue weighted by Crippen LogP contribution is 2.21. The number of hydrogen-bond donors (Lipinski definition) is 0. The Balaban J connectivity index is 2.74. The van der Waals surface area contributed by atoms with Gasteiger partial charge in [0.05, 0.1) is 11.7 Å². The van der Waals surface area contributed by atoms with Crippen molar-refractivity contribution in [3.05, 3.63) is 23.5 Å². The van der Waals surface area contributed by atoms with E-state index in [-0.39, 0.29) is 0 Å². The Morgan fingerprint density at radius 2 is 2.07 bits per heavy atom. The Labute approximate surface area is 83.8 Å². The van der Waals surface area contributed by atoms with Gasteiger partial charge in [0.1, 0.15) is 5.52 Å². The van der Waals surface area contributed by atoms with E-state index in [1.54, 1.807) is 0 Å². The average molecular weight is 189 g/mol. The maximum Gasteiger partial charge on any atom is 0.109 e. The van der Waals surface area contributed by atoms with Gasteiger partial charge >= 0.3 is 0 Å². The second-order valence-corrected chi connectivity index (χ2v) is 3.99. The van der Waals surface area contributed by atoms with Gasteiger partial charge in [-0.2, -0.15) is 5.10 Å². The Bertz CT molecular complexity index is 469. The average Bonchev–Trinajstić information content (AvgIpc) is 2.46. The molecule has 0 atom stereocenters. The Morgan fingerprint density at radius 1 is 1.36 bits per heavy atom. The molecule has 0 spiro atoms. The van der Waals surface area contributed by atoms with E-state index >= 15 is 0 Å².